The summed E-state index contributed by atoms with van der Waals surface area (Å²) in [6, 6.07) is 0.863. The number of hydrogen-bond acceptors (Lipinski definition) is 4. The van der Waals surface area contributed by atoms with Gasteiger partial charge < -0.3 is 11.1 Å². The van der Waals surface area contributed by atoms with Gasteiger partial charge in [0, 0.05) is 12.1 Å². The molecule has 0 radical (unpaired) electrons. The molecule has 1 aliphatic rings. The van der Waals surface area contributed by atoms with Gasteiger partial charge in [-0.2, -0.15) is 0 Å². The van der Waals surface area contributed by atoms with E-state index < -0.39 is 39.0 Å². The number of nitrogens with one attached hydrogen (secondary N) is 1. The van der Waals surface area contributed by atoms with E-state index in [0.29, 0.717) is 6.07 Å². The van der Waals surface area contributed by atoms with Crippen molar-refractivity contribution < 1.29 is 22.0 Å². The van der Waals surface area contributed by atoms with Gasteiger partial charge >= 0.3 is 0 Å². The number of carbonyl (C=O) groups is 1. The van der Waals surface area contributed by atoms with E-state index in [0.717, 1.165) is 6.07 Å². The van der Waals surface area contributed by atoms with E-state index in [4.69, 9.17) is 5.73 Å². The van der Waals surface area contributed by atoms with Crippen LogP contribution in [0, 0.1) is 11.6 Å². The first-order chi connectivity index (χ1) is 8.78. The SMILES string of the molecule is Nc1cc(C(=O)NC2CCS(=O)(=O)C2)c(F)cc1F. The predicted octanol–water partition coefficient (Wildman–Crippen LogP) is 0.464. The molecule has 104 valence electrons. The molecule has 1 aliphatic heterocycles. The van der Waals surface area contributed by atoms with Crippen LogP contribution in [0.5, 0.6) is 0 Å². The molecule has 0 bridgehead atoms. The van der Waals surface area contributed by atoms with E-state index in [-0.39, 0.29) is 23.6 Å². The number of amides is 1. The molecule has 1 aromatic rings. The second-order valence-corrected chi connectivity index (χ2v) is 6.66. The van der Waals surface area contributed by atoms with Gasteiger partial charge in [0.25, 0.3) is 5.91 Å². The van der Waals surface area contributed by atoms with Gasteiger partial charge in [0.1, 0.15) is 11.6 Å². The maximum Gasteiger partial charge on any atom is 0.254 e. The Balaban J connectivity index is 2.15. The van der Waals surface area contributed by atoms with Crippen molar-refractivity contribution >= 4 is 21.4 Å². The van der Waals surface area contributed by atoms with Gasteiger partial charge in [-0.25, -0.2) is 17.2 Å². The number of anilines is 1. The molecule has 1 amide bonds. The van der Waals surface area contributed by atoms with Gasteiger partial charge in [-0.05, 0) is 12.5 Å². The monoisotopic (exact) mass is 290 g/mol. The molecule has 1 unspecified atom stereocenters. The summed E-state index contributed by atoms with van der Waals surface area (Å²) >= 11 is 0. The zero-order valence-electron chi connectivity index (χ0n) is 9.82. The molecule has 1 atom stereocenters. The highest BCUT2D eigenvalue weighted by Gasteiger charge is 2.29. The zero-order chi connectivity index (χ0) is 14.2. The smallest absolute Gasteiger partial charge is 0.254 e. The predicted molar refractivity (Wildman–Crippen MR) is 65.3 cm³/mol. The van der Waals surface area contributed by atoms with Crippen LogP contribution in [0.2, 0.25) is 0 Å². The number of nitrogens with two attached hydrogens (primary N) is 1. The first-order valence-electron chi connectivity index (χ1n) is 5.54. The summed E-state index contributed by atoms with van der Waals surface area (Å²) in [4.78, 5) is 11.8. The standard InChI is InChI=1S/C11H12F2N2O3S/c12-8-4-9(13)10(14)3-7(8)11(16)15-6-1-2-19(17,18)5-6/h3-4,6H,1-2,5,14H2,(H,15,16). The van der Waals surface area contributed by atoms with Crippen molar-refractivity contribution in [3.8, 4) is 0 Å². The lowest BCUT2D eigenvalue weighted by molar-refractivity contribution is 0.0937. The summed E-state index contributed by atoms with van der Waals surface area (Å²) in [5.74, 6) is -2.96. The van der Waals surface area contributed by atoms with E-state index in [1.165, 1.54) is 0 Å². The Morgan fingerprint density at radius 3 is 2.58 bits per heavy atom. The minimum atomic E-state index is -3.14. The molecule has 0 aliphatic carbocycles. The van der Waals surface area contributed by atoms with Crippen molar-refractivity contribution in [2.45, 2.75) is 12.5 Å². The average molecular weight is 290 g/mol. The van der Waals surface area contributed by atoms with Gasteiger partial charge in [-0.3, -0.25) is 4.79 Å². The summed E-state index contributed by atoms with van der Waals surface area (Å²) < 4.78 is 48.8. The van der Waals surface area contributed by atoms with Crippen LogP contribution < -0.4 is 11.1 Å². The first kappa shape index (κ1) is 13.7. The maximum atomic E-state index is 13.4. The van der Waals surface area contributed by atoms with Crippen LogP contribution in [0.3, 0.4) is 0 Å². The lowest BCUT2D eigenvalue weighted by Crippen LogP contribution is -2.36. The second kappa shape index (κ2) is 4.76. The molecule has 8 heteroatoms. The average Bonchev–Trinajstić information content (AvgIpc) is 2.63. The van der Waals surface area contributed by atoms with Crippen molar-refractivity contribution in [2.24, 2.45) is 0 Å². The third-order valence-electron chi connectivity index (χ3n) is 2.90. The Morgan fingerprint density at radius 2 is 2.00 bits per heavy atom. The van der Waals surface area contributed by atoms with Crippen LogP contribution in [0.1, 0.15) is 16.8 Å². The number of rotatable bonds is 2. The molecule has 1 aromatic carbocycles. The molecule has 0 spiro atoms. The largest absolute Gasteiger partial charge is 0.396 e. The van der Waals surface area contributed by atoms with Crippen LogP contribution in [0.4, 0.5) is 14.5 Å². The molecule has 0 aromatic heterocycles. The van der Waals surface area contributed by atoms with Gasteiger partial charge in [-0.15, -0.1) is 0 Å². The summed E-state index contributed by atoms with van der Waals surface area (Å²) in [7, 11) is -3.14. The minimum Gasteiger partial charge on any atom is -0.396 e. The van der Waals surface area contributed by atoms with Crippen LogP contribution >= 0.6 is 0 Å². The fraction of sp³-hybridized carbons (Fsp3) is 0.364. The van der Waals surface area contributed by atoms with Gasteiger partial charge in [0.2, 0.25) is 0 Å². The number of sulfone groups is 1. The highest BCUT2D eigenvalue weighted by molar-refractivity contribution is 7.91. The lowest BCUT2D eigenvalue weighted by Gasteiger charge is -2.11. The topological polar surface area (TPSA) is 89.3 Å². The highest BCUT2D eigenvalue weighted by Crippen LogP contribution is 2.18. The molecular weight excluding hydrogens is 278 g/mol. The fourth-order valence-electron chi connectivity index (χ4n) is 1.91. The van der Waals surface area contributed by atoms with E-state index in [9.17, 15) is 22.0 Å². The van der Waals surface area contributed by atoms with Crippen molar-refractivity contribution in [3.63, 3.8) is 0 Å². The van der Waals surface area contributed by atoms with Crippen molar-refractivity contribution in [2.75, 3.05) is 17.2 Å². The van der Waals surface area contributed by atoms with Crippen molar-refractivity contribution in [1.29, 1.82) is 0 Å². The number of halogens is 2. The summed E-state index contributed by atoms with van der Waals surface area (Å²) in [6.45, 7) is 0. The zero-order valence-corrected chi connectivity index (χ0v) is 10.6. The Hall–Kier alpha value is -1.70. The Morgan fingerprint density at radius 1 is 1.32 bits per heavy atom. The van der Waals surface area contributed by atoms with Crippen molar-refractivity contribution in [3.05, 3.63) is 29.3 Å². The third kappa shape index (κ3) is 3.01. The van der Waals surface area contributed by atoms with Crippen LogP contribution in [-0.4, -0.2) is 31.9 Å². The van der Waals surface area contributed by atoms with Crippen LogP contribution in [0.15, 0.2) is 12.1 Å². The summed E-state index contributed by atoms with van der Waals surface area (Å²) in [6.07, 6.45) is 0.284. The molecule has 0 saturated carbocycles. The summed E-state index contributed by atoms with van der Waals surface area (Å²) in [5.41, 5.74) is 4.52. The molecule has 2 rings (SSSR count). The fourth-order valence-corrected chi connectivity index (χ4v) is 3.59. The number of nitrogen functional groups attached to an aromatic ring is 1. The van der Waals surface area contributed by atoms with E-state index in [1.54, 1.807) is 0 Å². The molecule has 1 fully saturated rings. The Labute approximate surface area is 108 Å². The van der Waals surface area contributed by atoms with Crippen LogP contribution in [-0.2, 0) is 9.84 Å². The summed E-state index contributed by atoms with van der Waals surface area (Å²) in [5, 5.41) is 2.40. The van der Waals surface area contributed by atoms with E-state index in [1.807, 2.05) is 0 Å². The lowest BCUT2D eigenvalue weighted by atomic mass is 10.1. The number of carbonyl (C=O) groups excluding carboxylic acids is 1. The normalized spacial score (nSPS) is 21.3. The quantitative estimate of drug-likeness (QED) is 0.775. The molecule has 19 heavy (non-hydrogen) atoms. The minimum absolute atomic E-state index is 0.00795. The van der Waals surface area contributed by atoms with Crippen molar-refractivity contribution in [1.82, 2.24) is 5.32 Å². The number of hydrogen-bond donors (Lipinski definition) is 2. The van der Waals surface area contributed by atoms with Gasteiger partial charge in [0.05, 0.1) is 22.8 Å². The second-order valence-electron chi connectivity index (χ2n) is 4.43. The number of benzene rings is 1. The first-order valence-corrected chi connectivity index (χ1v) is 7.36. The van der Waals surface area contributed by atoms with Crippen LogP contribution in [0.25, 0.3) is 0 Å². The molecular formula is C11H12F2N2O3S. The molecule has 1 heterocycles. The molecule has 3 N–H and O–H groups in total. The molecule has 1 saturated heterocycles. The van der Waals surface area contributed by atoms with Gasteiger partial charge in [0.15, 0.2) is 9.84 Å². The maximum absolute atomic E-state index is 13.4. The Kier molecular flexibility index (Phi) is 3.44. The Bertz CT molecular complexity index is 631. The van der Waals surface area contributed by atoms with Gasteiger partial charge in [-0.1, -0.05) is 0 Å². The van der Waals surface area contributed by atoms with E-state index in [2.05, 4.69) is 5.32 Å². The molecule has 5 nitrogen and oxygen atoms in total. The third-order valence-corrected chi connectivity index (χ3v) is 4.67. The van der Waals surface area contributed by atoms with E-state index >= 15 is 0 Å². The highest BCUT2D eigenvalue weighted by atomic mass is 32.2.